The van der Waals surface area contributed by atoms with Gasteiger partial charge in [0.25, 0.3) is 5.56 Å². The van der Waals surface area contributed by atoms with Crippen molar-refractivity contribution in [2.75, 3.05) is 0 Å². The van der Waals surface area contributed by atoms with Gasteiger partial charge in [-0.05, 0) is 25.3 Å². The molecule has 5 heteroatoms. The summed E-state index contributed by atoms with van der Waals surface area (Å²) in [5.41, 5.74) is 0.493. The highest BCUT2D eigenvalue weighted by Gasteiger charge is 2.11. The molecule has 0 saturated heterocycles. The zero-order valence-corrected chi connectivity index (χ0v) is 10.5. The molecule has 0 bridgehead atoms. The predicted molar refractivity (Wildman–Crippen MR) is 66.6 cm³/mol. The Morgan fingerprint density at radius 1 is 1.47 bits per heavy atom. The summed E-state index contributed by atoms with van der Waals surface area (Å²) in [5.74, 6) is 0.510. The molecule has 0 aliphatic heterocycles. The van der Waals surface area contributed by atoms with Crippen LogP contribution in [0, 0.1) is 13.8 Å². The minimum Gasteiger partial charge on any atom is -0.291 e. The number of aromatic nitrogens is 2. The summed E-state index contributed by atoms with van der Waals surface area (Å²) in [5, 5.41) is 1.84. The Labute approximate surface area is 103 Å². The van der Waals surface area contributed by atoms with Crippen molar-refractivity contribution in [3.63, 3.8) is 0 Å². The molecule has 2 aromatic heterocycles. The summed E-state index contributed by atoms with van der Waals surface area (Å²) < 4.78 is 1.40. The van der Waals surface area contributed by atoms with Crippen LogP contribution in [-0.4, -0.2) is 15.3 Å². The Morgan fingerprint density at radius 3 is 2.82 bits per heavy atom. The maximum atomic E-state index is 11.9. The number of nitrogens with zero attached hydrogens (tertiary/aromatic N) is 2. The first-order chi connectivity index (χ1) is 8.08. The van der Waals surface area contributed by atoms with Gasteiger partial charge in [0.1, 0.15) is 5.82 Å². The summed E-state index contributed by atoms with van der Waals surface area (Å²) >= 11 is 1.38. The minimum absolute atomic E-state index is 0.0540. The number of thiophene rings is 1. The van der Waals surface area contributed by atoms with Gasteiger partial charge in [0, 0.05) is 11.8 Å². The lowest BCUT2D eigenvalue weighted by molar-refractivity contribution is 0.0973. The van der Waals surface area contributed by atoms with Crippen molar-refractivity contribution in [1.29, 1.82) is 0 Å². The van der Waals surface area contributed by atoms with E-state index in [0.29, 0.717) is 16.4 Å². The highest BCUT2D eigenvalue weighted by molar-refractivity contribution is 7.12. The van der Waals surface area contributed by atoms with Gasteiger partial charge in [0.2, 0.25) is 0 Å². The molecular formula is C12H12N2O2S. The van der Waals surface area contributed by atoms with Crippen molar-refractivity contribution in [1.82, 2.24) is 9.55 Å². The molecule has 2 heterocycles. The first kappa shape index (κ1) is 11.7. The first-order valence-electron chi connectivity index (χ1n) is 5.19. The van der Waals surface area contributed by atoms with Crippen LogP contribution < -0.4 is 5.56 Å². The second-order valence-electron chi connectivity index (χ2n) is 3.77. The number of carbonyl (C=O) groups is 1. The monoisotopic (exact) mass is 248 g/mol. The van der Waals surface area contributed by atoms with E-state index in [1.807, 2.05) is 11.4 Å². The van der Waals surface area contributed by atoms with Crippen molar-refractivity contribution in [2.45, 2.75) is 20.4 Å². The largest absolute Gasteiger partial charge is 0.291 e. The quantitative estimate of drug-likeness (QED) is 0.778. The van der Waals surface area contributed by atoms with Gasteiger partial charge in [-0.1, -0.05) is 6.07 Å². The maximum absolute atomic E-state index is 11.9. The van der Waals surface area contributed by atoms with Crippen LogP contribution in [-0.2, 0) is 6.54 Å². The van der Waals surface area contributed by atoms with E-state index in [4.69, 9.17) is 0 Å². The van der Waals surface area contributed by atoms with E-state index in [0.717, 1.165) is 0 Å². The lowest BCUT2D eigenvalue weighted by atomic mass is 10.3. The molecule has 0 atom stereocenters. The first-order valence-corrected chi connectivity index (χ1v) is 6.07. The molecule has 0 aliphatic rings. The molecule has 4 nitrogen and oxygen atoms in total. The normalized spacial score (nSPS) is 10.5. The molecule has 88 valence electrons. The van der Waals surface area contributed by atoms with Gasteiger partial charge in [-0.15, -0.1) is 11.3 Å². The molecule has 0 spiro atoms. The van der Waals surface area contributed by atoms with Gasteiger partial charge in [-0.3, -0.25) is 14.2 Å². The summed E-state index contributed by atoms with van der Waals surface area (Å²) in [6, 6.07) is 5.02. The van der Waals surface area contributed by atoms with Crippen LogP contribution in [0.1, 0.15) is 21.2 Å². The molecule has 0 N–H and O–H groups in total. The van der Waals surface area contributed by atoms with Crippen molar-refractivity contribution in [2.24, 2.45) is 0 Å². The fraction of sp³-hybridized carbons (Fsp3) is 0.250. The molecule has 0 aliphatic carbocycles. The molecule has 0 aromatic carbocycles. The van der Waals surface area contributed by atoms with Gasteiger partial charge in [0.05, 0.1) is 11.4 Å². The van der Waals surface area contributed by atoms with Crippen LogP contribution in [0.4, 0.5) is 0 Å². The second kappa shape index (κ2) is 4.63. The summed E-state index contributed by atoms with van der Waals surface area (Å²) in [6.07, 6.45) is 0. The summed E-state index contributed by atoms with van der Waals surface area (Å²) in [6.45, 7) is 3.55. The average Bonchev–Trinajstić information content (AvgIpc) is 2.76. The van der Waals surface area contributed by atoms with Gasteiger partial charge >= 0.3 is 0 Å². The van der Waals surface area contributed by atoms with E-state index in [9.17, 15) is 9.59 Å². The Kier molecular flexibility index (Phi) is 3.19. The highest BCUT2D eigenvalue weighted by atomic mass is 32.1. The number of carbonyl (C=O) groups excluding carboxylic acids is 1. The van der Waals surface area contributed by atoms with E-state index in [2.05, 4.69) is 4.98 Å². The Morgan fingerprint density at radius 2 is 2.24 bits per heavy atom. The maximum Gasteiger partial charge on any atom is 0.254 e. The predicted octanol–water partition coefficient (Wildman–Crippen LogP) is 1.80. The number of ketones is 1. The fourth-order valence-corrected chi connectivity index (χ4v) is 2.27. The van der Waals surface area contributed by atoms with E-state index in [-0.39, 0.29) is 17.9 Å². The third kappa shape index (κ3) is 2.50. The van der Waals surface area contributed by atoms with Gasteiger partial charge in [0.15, 0.2) is 5.78 Å². The van der Waals surface area contributed by atoms with Crippen LogP contribution >= 0.6 is 11.3 Å². The van der Waals surface area contributed by atoms with E-state index < -0.39 is 0 Å². The molecule has 0 fully saturated rings. The van der Waals surface area contributed by atoms with Crippen LogP contribution in [0.2, 0.25) is 0 Å². The third-order valence-corrected chi connectivity index (χ3v) is 3.34. The topological polar surface area (TPSA) is 52.0 Å². The summed E-state index contributed by atoms with van der Waals surface area (Å²) in [4.78, 5) is 28.5. The van der Waals surface area contributed by atoms with Gasteiger partial charge in [-0.2, -0.15) is 0 Å². The number of aryl methyl sites for hydroxylation is 2. The SMILES string of the molecule is Cc1cc(=O)n(CC(=O)c2cccs2)c(C)n1. The molecule has 0 unspecified atom stereocenters. The van der Waals surface area contributed by atoms with Crippen molar-refractivity contribution in [3.8, 4) is 0 Å². The zero-order valence-electron chi connectivity index (χ0n) is 9.64. The van der Waals surface area contributed by atoms with E-state index >= 15 is 0 Å². The van der Waals surface area contributed by atoms with Gasteiger partial charge in [-0.25, -0.2) is 4.98 Å². The van der Waals surface area contributed by atoms with Crippen molar-refractivity contribution in [3.05, 3.63) is 50.3 Å². The van der Waals surface area contributed by atoms with Crippen LogP contribution in [0.5, 0.6) is 0 Å². The van der Waals surface area contributed by atoms with E-state index in [1.165, 1.54) is 22.0 Å². The van der Waals surface area contributed by atoms with Crippen molar-refractivity contribution >= 4 is 17.1 Å². The number of hydrogen-bond donors (Lipinski definition) is 0. The molecule has 0 radical (unpaired) electrons. The number of hydrogen-bond acceptors (Lipinski definition) is 4. The molecule has 17 heavy (non-hydrogen) atoms. The third-order valence-electron chi connectivity index (χ3n) is 2.42. The average molecular weight is 248 g/mol. The Hall–Kier alpha value is -1.75. The van der Waals surface area contributed by atoms with E-state index in [1.54, 1.807) is 19.9 Å². The number of rotatable bonds is 3. The molecule has 2 rings (SSSR count). The lowest BCUT2D eigenvalue weighted by Gasteiger charge is -2.07. The van der Waals surface area contributed by atoms with Crippen LogP contribution in [0.15, 0.2) is 28.4 Å². The minimum atomic E-state index is -0.181. The van der Waals surface area contributed by atoms with Crippen molar-refractivity contribution < 1.29 is 4.79 Å². The summed E-state index contributed by atoms with van der Waals surface area (Å²) in [7, 11) is 0. The van der Waals surface area contributed by atoms with Crippen LogP contribution in [0.3, 0.4) is 0 Å². The fourth-order valence-electron chi connectivity index (χ4n) is 1.62. The Bertz CT molecular complexity index is 599. The standard InChI is InChI=1S/C12H12N2O2S/c1-8-6-12(16)14(9(2)13-8)7-10(15)11-4-3-5-17-11/h3-6H,7H2,1-2H3. The lowest BCUT2D eigenvalue weighted by Crippen LogP contribution is -2.26. The smallest absolute Gasteiger partial charge is 0.254 e. The molecule has 0 amide bonds. The molecule has 2 aromatic rings. The highest BCUT2D eigenvalue weighted by Crippen LogP contribution is 2.10. The van der Waals surface area contributed by atoms with Gasteiger partial charge < -0.3 is 0 Å². The molecular weight excluding hydrogens is 236 g/mol. The second-order valence-corrected chi connectivity index (χ2v) is 4.72. The zero-order chi connectivity index (χ0) is 12.4. The molecule has 0 saturated carbocycles. The Balaban J connectivity index is 2.31. The van der Waals surface area contributed by atoms with Crippen LogP contribution in [0.25, 0.3) is 0 Å². The number of Topliss-reactive ketones (excluding diaryl/α,β-unsaturated/α-hetero) is 1.